The van der Waals surface area contributed by atoms with Gasteiger partial charge in [-0.2, -0.15) is 0 Å². The normalized spacial score (nSPS) is 60.9. The molecule has 1 amide bonds. The molecular formula is C23H35NO. The Bertz CT molecular complexity index is 608. The molecule has 0 aromatic heterocycles. The van der Waals surface area contributed by atoms with Crippen LogP contribution in [0, 0.1) is 39.9 Å². The molecule has 1 N–H and O–H groups in total. The van der Waals surface area contributed by atoms with Crippen molar-refractivity contribution in [3.05, 3.63) is 0 Å². The van der Waals surface area contributed by atoms with Crippen LogP contribution in [0.5, 0.6) is 0 Å². The Hall–Kier alpha value is -0.530. The minimum absolute atomic E-state index is 0.00305. The molecule has 8 rings (SSSR count). The molecule has 0 aliphatic heterocycles. The number of amides is 1. The molecule has 25 heavy (non-hydrogen) atoms. The van der Waals surface area contributed by atoms with Gasteiger partial charge < -0.3 is 5.32 Å². The molecule has 4 unspecified atom stereocenters. The molecule has 138 valence electrons. The smallest absolute Gasteiger partial charge is 0.226 e. The maximum atomic E-state index is 13.7. The summed E-state index contributed by atoms with van der Waals surface area (Å²) in [4.78, 5) is 13.7. The highest BCUT2D eigenvalue weighted by molar-refractivity contribution is 5.84. The van der Waals surface area contributed by atoms with E-state index in [-0.39, 0.29) is 11.0 Å². The van der Waals surface area contributed by atoms with Crippen molar-refractivity contribution in [2.45, 2.75) is 96.4 Å². The second kappa shape index (κ2) is 4.47. The minimum atomic E-state index is 0.00305. The summed E-state index contributed by atoms with van der Waals surface area (Å²) in [5.41, 5.74) is 1.16. The van der Waals surface area contributed by atoms with E-state index in [9.17, 15) is 4.79 Å². The average molecular weight is 342 g/mol. The van der Waals surface area contributed by atoms with Gasteiger partial charge in [-0.15, -0.1) is 0 Å². The molecule has 0 aromatic carbocycles. The molecule has 2 nitrogen and oxygen atoms in total. The van der Waals surface area contributed by atoms with Crippen molar-refractivity contribution in [2.24, 2.45) is 39.9 Å². The zero-order chi connectivity index (χ0) is 17.1. The van der Waals surface area contributed by atoms with Gasteiger partial charge in [-0.05, 0) is 112 Å². The zero-order valence-electron chi connectivity index (χ0n) is 16.2. The molecule has 8 aliphatic rings. The second-order valence-electron chi connectivity index (χ2n) is 12.6. The van der Waals surface area contributed by atoms with Crippen LogP contribution in [-0.4, -0.2) is 11.4 Å². The van der Waals surface area contributed by atoms with Crippen LogP contribution < -0.4 is 5.32 Å². The van der Waals surface area contributed by atoms with E-state index in [1.165, 1.54) is 77.0 Å². The van der Waals surface area contributed by atoms with Gasteiger partial charge in [0.25, 0.3) is 0 Å². The van der Waals surface area contributed by atoms with Crippen LogP contribution >= 0.6 is 0 Å². The summed E-state index contributed by atoms with van der Waals surface area (Å²) in [5, 5.41) is 3.79. The third-order valence-electron chi connectivity index (χ3n) is 9.57. The summed E-state index contributed by atoms with van der Waals surface area (Å²) in [5.74, 6) is 3.94. The summed E-state index contributed by atoms with van der Waals surface area (Å²) in [6.07, 6.45) is 15.9. The Labute approximate surface area is 152 Å². The number of carbonyl (C=O) groups excluding carboxylic acids is 1. The van der Waals surface area contributed by atoms with Crippen LogP contribution in [0.3, 0.4) is 0 Å². The second-order valence-corrected chi connectivity index (χ2v) is 12.6. The molecule has 0 aromatic rings. The van der Waals surface area contributed by atoms with Gasteiger partial charge in [0.15, 0.2) is 0 Å². The van der Waals surface area contributed by atoms with Crippen LogP contribution in [0.25, 0.3) is 0 Å². The van der Waals surface area contributed by atoms with Crippen LogP contribution in [0.1, 0.15) is 90.9 Å². The summed E-state index contributed by atoms with van der Waals surface area (Å²) in [7, 11) is 0. The fourth-order valence-electron chi connectivity index (χ4n) is 10.2. The quantitative estimate of drug-likeness (QED) is 0.746. The first-order valence-electron chi connectivity index (χ1n) is 11.1. The topological polar surface area (TPSA) is 29.1 Å². The lowest BCUT2D eigenvalue weighted by atomic mass is 9.44. The van der Waals surface area contributed by atoms with Crippen molar-refractivity contribution < 1.29 is 4.79 Å². The van der Waals surface area contributed by atoms with E-state index in [4.69, 9.17) is 0 Å². The third-order valence-corrected chi connectivity index (χ3v) is 9.57. The van der Waals surface area contributed by atoms with Crippen molar-refractivity contribution in [3.63, 3.8) is 0 Å². The van der Waals surface area contributed by atoms with Gasteiger partial charge >= 0.3 is 0 Å². The lowest BCUT2D eigenvalue weighted by Gasteiger charge is -2.64. The third kappa shape index (κ3) is 2.18. The fraction of sp³-hybridized carbons (Fsp3) is 0.957. The van der Waals surface area contributed by atoms with Gasteiger partial charge in [0.1, 0.15) is 0 Å². The van der Waals surface area contributed by atoms with Gasteiger partial charge in [-0.1, -0.05) is 13.8 Å². The summed E-state index contributed by atoms with van der Waals surface area (Å²) >= 11 is 0. The molecule has 0 spiro atoms. The van der Waals surface area contributed by atoms with Crippen molar-refractivity contribution in [3.8, 4) is 0 Å². The molecule has 8 aliphatic carbocycles. The van der Waals surface area contributed by atoms with Crippen LogP contribution in [0.15, 0.2) is 0 Å². The lowest BCUT2D eigenvalue weighted by molar-refractivity contribution is -0.162. The van der Waals surface area contributed by atoms with E-state index in [0.717, 1.165) is 23.7 Å². The highest BCUT2D eigenvalue weighted by Crippen LogP contribution is 2.66. The van der Waals surface area contributed by atoms with E-state index in [1.807, 2.05) is 0 Å². The lowest BCUT2D eigenvalue weighted by Crippen LogP contribution is -2.66. The molecular weight excluding hydrogens is 306 g/mol. The Morgan fingerprint density at radius 3 is 1.68 bits per heavy atom. The standard InChI is InChI=1S/C23H35NO/c1-20-5-15-3-16(6-20)10-22(9-15,13-20)19(25)24-23-11-17-4-18(12-23)8-21(2,7-17)14-23/h15-18H,3-14H2,1-2H3,(H,24,25). The number of nitrogens with one attached hydrogen (secondary N) is 1. The first-order chi connectivity index (χ1) is 11.8. The fourth-order valence-corrected chi connectivity index (χ4v) is 10.2. The van der Waals surface area contributed by atoms with Crippen LogP contribution in [0.2, 0.25) is 0 Å². The Balaban J connectivity index is 1.28. The molecule has 0 radical (unpaired) electrons. The highest BCUT2D eigenvalue weighted by Gasteiger charge is 2.61. The van der Waals surface area contributed by atoms with Crippen molar-refractivity contribution in [1.82, 2.24) is 5.32 Å². The molecule has 2 heteroatoms. The van der Waals surface area contributed by atoms with Crippen molar-refractivity contribution in [2.75, 3.05) is 0 Å². The minimum Gasteiger partial charge on any atom is -0.350 e. The number of hydrogen-bond acceptors (Lipinski definition) is 1. The van der Waals surface area contributed by atoms with Gasteiger partial charge in [0.05, 0.1) is 5.41 Å². The Morgan fingerprint density at radius 2 is 1.20 bits per heavy atom. The average Bonchev–Trinajstić information content (AvgIpc) is 2.40. The van der Waals surface area contributed by atoms with Gasteiger partial charge in [0.2, 0.25) is 5.91 Å². The maximum absolute atomic E-state index is 13.7. The van der Waals surface area contributed by atoms with Gasteiger partial charge in [-0.25, -0.2) is 0 Å². The predicted octanol–water partition coefficient (Wildman–Crippen LogP) is 5.07. The van der Waals surface area contributed by atoms with Gasteiger partial charge in [0, 0.05) is 5.54 Å². The monoisotopic (exact) mass is 341 g/mol. The summed E-state index contributed by atoms with van der Waals surface area (Å²) in [6, 6.07) is 0. The van der Waals surface area contributed by atoms with Crippen LogP contribution in [-0.2, 0) is 4.79 Å². The first kappa shape index (κ1) is 15.5. The number of hydrogen-bond donors (Lipinski definition) is 1. The maximum Gasteiger partial charge on any atom is 0.226 e. The SMILES string of the molecule is CC12CC3CC(C1)CC(NC(=O)C14CC5CC(CC(C)(C5)C1)C4)(C3)C2. The molecule has 8 fully saturated rings. The first-order valence-corrected chi connectivity index (χ1v) is 11.1. The van der Waals surface area contributed by atoms with Crippen molar-refractivity contribution in [1.29, 1.82) is 0 Å². The van der Waals surface area contributed by atoms with E-state index >= 15 is 0 Å². The van der Waals surface area contributed by atoms with Gasteiger partial charge in [-0.3, -0.25) is 4.79 Å². The van der Waals surface area contributed by atoms with E-state index in [0.29, 0.717) is 16.7 Å². The van der Waals surface area contributed by atoms with E-state index < -0.39 is 0 Å². The number of rotatable bonds is 2. The Kier molecular flexibility index (Phi) is 2.78. The Morgan fingerprint density at radius 1 is 0.720 bits per heavy atom. The summed E-state index contributed by atoms with van der Waals surface area (Å²) < 4.78 is 0. The summed E-state index contributed by atoms with van der Waals surface area (Å²) in [6.45, 7) is 5.00. The number of carbonyl (C=O) groups is 1. The zero-order valence-corrected chi connectivity index (χ0v) is 16.2. The van der Waals surface area contributed by atoms with E-state index in [1.54, 1.807) is 0 Å². The largest absolute Gasteiger partial charge is 0.350 e. The van der Waals surface area contributed by atoms with Crippen molar-refractivity contribution >= 4 is 5.91 Å². The molecule has 0 heterocycles. The predicted molar refractivity (Wildman–Crippen MR) is 98.9 cm³/mol. The molecule has 4 atom stereocenters. The highest BCUT2D eigenvalue weighted by atomic mass is 16.2. The van der Waals surface area contributed by atoms with Crippen LogP contribution in [0.4, 0.5) is 0 Å². The molecule has 0 saturated heterocycles. The molecule has 8 saturated carbocycles. The van der Waals surface area contributed by atoms with E-state index in [2.05, 4.69) is 19.2 Å². The molecule has 8 bridgehead atoms.